The molecular weight excluding hydrogens is 226 g/mol. The Morgan fingerprint density at radius 2 is 2.11 bits per heavy atom. The molecule has 0 spiro atoms. The van der Waals surface area contributed by atoms with Gasteiger partial charge in [0.2, 0.25) is 0 Å². The van der Waals surface area contributed by atoms with E-state index >= 15 is 0 Å². The second-order valence-corrected chi connectivity index (χ2v) is 5.64. The van der Waals surface area contributed by atoms with Crippen LogP contribution < -0.4 is 10.1 Å². The molecule has 0 fully saturated rings. The number of rotatable bonds is 4. The fourth-order valence-corrected chi connectivity index (χ4v) is 2.14. The van der Waals surface area contributed by atoms with Crippen molar-refractivity contribution in [1.82, 2.24) is 5.32 Å². The van der Waals surface area contributed by atoms with Crippen molar-refractivity contribution in [3.63, 3.8) is 0 Å². The molecule has 1 aliphatic heterocycles. The van der Waals surface area contributed by atoms with Crippen molar-refractivity contribution in [2.24, 2.45) is 0 Å². The van der Waals surface area contributed by atoms with Gasteiger partial charge in [0.05, 0.1) is 18.8 Å². The Morgan fingerprint density at radius 3 is 2.89 bits per heavy atom. The first-order valence-corrected chi connectivity index (χ1v) is 6.65. The van der Waals surface area contributed by atoms with Gasteiger partial charge in [0.15, 0.2) is 0 Å². The van der Waals surface area contributed by atoms with Crippen molar-refractivity contribution >= 4 is 0 Å². The van der Waals surface area contributed by atoms with Crippen LogP contribution in [0.4, 0.5) is 0 Å². The molecule has 0 bridgehead atoms. The Labute approximate surface area is 109 Å². The van der Waals surface area contributed by atoms with Gasteiger partial charge in [-0.25, -0.2) is 0 Å². The second kappa shape index (κ2) is 5.72. The summed E-state index contributed by atoms with van der Waals surface area (Å²) in [6.07, 6.45) is 1.02. The first-order valence-electron chi connectivity index (χ1n) is 6.65. The van der Waals surface area contributed by atoms with Crippen molar-refractivity contribution in [1.29, 1.82) is 0 Å². The lowest BCUT2D eigenvalue weighted by Crippen LogP contribution is -2.31. The minimum absolute atomic E-state index is 0.0603. The Kier molecular flexibility index (Phi) is 4.25. The van der Waals surface area contributed by atoms with Gasteiger partial charge in [-0.05, 0) is 26.8 Å². The van der Waals surface area contributed by atoms with Crippen LogP contribution in [0.2, 0.25) is 0 Å². The molecule has 1 aromatic rings. The van der Waals surface area contributed by atoms with E-state index in [0.717, 1.165) is 31.9 Å². The van der Waals surface area contributed by atoms with Crippen molar-refractivity contribution in [2.75, 3.05) is 19.8 Å². The van der Waals surface area contributed by atoms with Crippen molar-refractivity contribution in [2.45, 2.75) is 38.8 Å². The normalized spacial score (nSPS) is 19.2. The molecule has 1 unspecified atom stereocenters. The highest BCUT2D eigenvalue weighted by Gasteiger charge is 2.20. The number of hydrogen-bond donors (Lipinski definition) is 1. The average Bonchev–Trinajstić information content (AvgIpc) is 2.33. The summed E-state index contributed by atoms with van der Waals surface area (Å²) < 4.78 is 11.4. The van der Waals surface area contributed by atoms with Gasteiger partial charge in [-0.15, -0.1) is 0 Å². The van der Waals surface area contributed by atoms with Gasteiger partial charge in [-0.3, -0.25) is 0 Å². The number of fused-ring (bicyclic) bond motifs is 1. The fourth-order valence-electron chi connectivity index (χ4n) is 2.14. The molecule has 1 aliphatic rings. The zero-order valence-electron chi connectivity index (χ0n) is 11.5. The maximum atomic E-state index is 5.71. The summed E-state index contributed by atoms with van der Waals surface area (Å²) in [6.45, 7) is 8.64. The molecule has 3 heteroatoms. The quantitative estimate of drug-likeness (QED) is 0.832. The van der Waals surface area contributed by atoms with Crippen LogP contribution in [0.3, 0.4) is 0 Å². The topological polar surface area (TPSA) is 30.5 Å². The van der Waals surface area contributed by atoms with E-state index in [1.807, 2.05) is 12.1 Å². The predicted octanol–water partition coefficient (Wildman–Crippen LogP) is 2.91. The lowest BCUT2D eigenvalue weighted by molar-refractivity contribution is -0.00202. The van der Waals surface area contributed by atoms with Crippen LogP contribution in [0.5, 0.6) is 5.75 Å². The smallest absolute Gasteiger partial charge is 0.124 e. The van der Waals surface area contributed by atoms with Gasteiger partial charge in [0.25, 0.3) is 0 Å². The molecule has 18 heavy (non-hydrogen) atoms. The molecule has 0 aromatic heterocycles. The van der Waals surface area contributed by atoms with E-state index in [1.54, 1.807) is 0 Å². The summed E-state index contributed by atoms with van der Waals surface area (Å²) in [4.78, 5) is 0. The van der Waals surface area contributed by atoms with E-state index < -0.39 is 0 Å². The Hall–Kier alpha value is -1.06. The summed E-state index contributed by atoms with van der Waals surface area (Å²) in [5.41, 5.74) is 1.20. The number of hydrogen-bond acceptors (Lipinski definition) is 3. The fraction of sp³-hybridized carbons (Fsp3) is 0.600. The zero-order chi connectivity index (χ0) is 13.0. The molecule has 2 rings (SSSR count). The first kappa shape index (κ1) is 13.4. The highest BCUT2D eigenvalue weighted by molar-refractivity contribution is 5.37. The summed E-state index contributed by atoms with van der Waals surface area (Å²) >= 11 is 0. The van der Waals surface area contributed by atoms with Crippen LogP contribution >= 0.6 is 0 Å². The molecule has 0 saturated carbocycles. The Bertz CT molecular complexity index is 384. The lowest BCUT2D eigenvalue weighted by atomic mass is 10.0. The first-order chi connectivity index (χ1) is 8.56. The van der Waals surface area contributed by atoms with Crippen LogP contribution in [0.15, 0.2) is 24.3 Å². The van der Waals surface area contributed by atoms with Gasteiger partial charge >= 0.3 is 0 Å². The van der Waals surface area contributed by atoms with Crippen LogP contribution in [0.25, 0.3) is 0 Å². The van der Waals surface area contributed by atoms with Crippen molar-refractivity contribution < 1.29 is 9.47 Å². The standard InChI is InChI=1S/C15H23NO2/c1-15(2,3)18-11-9-16-13-8-10-17-14-7-5-4-6-12(13)14/h4-7,13,16H,8-11H2,1-3H3. The molecule has 100 valence electrons. The third-order valence-corrected chi connectivity index (χ3v) is 2.99. The van der Waals surface area contributed by atoms with E-state index in [2.05, 4.69) is 38.2 Å². The zero-order valence-corrected chi connectivity index (χ0v) is 11.5. The van der Waals surface area contributed by atoms with Gasteiger partial charge in [0, 0.05) is 24.6 Å². The number of ether oxygens (including phenoxy) is 2. The van der Waals surface area contributed by atoms with Gasteiger partial charge in [-0.1, -0.05) is 18.2 Å². The van der Waals surface area contributed by atoms with Gasteiger partial charge in [-0.2, -0.15) is 0 Å². The van der Waals surface area contributed by atoms with Crippen molar-refractivity contribution in [3.8, 4) is 5.75 Å². The van der Waals surface area contributed by atoms with Gasteiger partial charge < -0.3 is 14.8 Å². The lowest BCUT2D eigenvalue weighted by Gasteiger charge is -2.27. The highest BCUT2D eigenvalue weighted by atomic mass is 16.5. The second-order valence-electron chi connectivity index (χ2n) is 5.64. The molecule has 1 atom stereocenters. The molecule has 1 N–H and O–H groups in total. The van der Waals surface area contributed by atoms with E-state index in [0.29, 0.717) is 6.04 Å². The molecule has 0 radical (unpaired) electrons. The summed E-state index contributed by atoms with van der Waals surface area (Å²) in [7, 11) is 0. The molecule has 1 aromatic carbocycles. The van der Waals surface area contributed by atoms with Crippen LogP contribution in [0.1, 0.15) is 38.8 Å². The minimum atomic E-state index is -0.0603. The number of para-hydroxylation sites is 1. The minimum Gasteiger partial charge on any atom is -0.493 e. The average molecular weight is 249 g/mol. The van der Waals surface area contributed by atoms with E-state index in [-0.39, 0.29) is 5.60 Å². The largest absolute Gasteiger partial charge is 0.493 e. The number of nitrogens with one attached hydrogen (secondary N) is 1. The van der Waals surface area contributed by atoms with Crippen LogP contribution in [-0.4, -0.2) is 25.4 Å². The Morgan fingerprint density at radius 1 is 1.33 bits per heavy atom. The summed E-state index contributed by atoms with van der Waals surface area (Å²) in [5.74, 6) is 1.01. The molecule has 0 saturated heterocycles. The third kappa shape index (κ3) is 3.72. The van der Waals surface area contributed by atoms with E-state index in [9.17, 15) is 0 Å². The molecule has 0 amide bonds. The summed E-state index contributed by atoms with van der Waals surface area (Å²) in [6, 6.07) is 8.64. The van der Waals surface area contributed by atoms with E-state index in [4.69, 9.17) is 9.47 Å². The molecule has 1 heterocycles. The highest BCUT2D eigenvalue weighted by Crippen LogP contribution is 2.31. The SMILES string of the molecule is CC(C)(C)OCCNC1CCOc2ccccc21. The molecule has 3 nitrogen and oxygen atoms in total. The van der Waals surface area contributed by atoms with Gasteiger partial charge in [0.1, 0.15) is 5.75 Å². The molecule has 0 aliphatic carbocycles. The maximum absolute atomic E-state index is 5.71. The Balaban J connectivity index is 1.84. The molecular formula is C15H23NO2. The maximum Gasteiger partial charge on any atom is 0.124 e. The monoisotopic (exact) mass is 249 g/mol. The summed E-state index contributed by atoms with van der Waals surface area (Å²) in [5, 5.41) is 3.55. The predicted molar refractivity (Wildman–Crippen MR) is 73.0 cm³/mol. The third-order valence-electron chi connectivity index (χ3n) is 2.99. The van der Waals surface area contributed by atoms with Crippen LogP contribution in [0, 0.1) is 0 Å². The van der Waals surface area contributed by atoms with Crippen molar-refractivity contribution in [3.05, 3.63) is 29.8 Å². The number of benzene rings is 1. The van der Waals surface area contributed by atoms with E-state index in [1.165, 1.54) is 5.56 Å². The van der Waals surface area contributed by atoms with Crippen LogP contribution in [-0.2, 0) is 4.74 Å².